The standard InChI is InChI=1S/C25H30O7/c1-5-29-24(30-6-2)22(27)19-13-9-17(10-14-19)21(26)18-11-15-20(16-12-18)23(28)25(31-7-3)32-8-4/h9-16,24-25H,5-8H2,1-4H3. The van der Waals surface area contributed by atoms with E-state index in [9.17, 15) is 14.4 Å². The molecule has 0 amide bonds. The van der Waals surface area contributed by atoms with Crippen molar-refractivity contribution in [2.75, 3.05) is 26.4 Å². The smallest absolute Gasteiger partial charge is 0.222 e. The molecule has 0 aliphatic heterocycles. The van der Waals surface area contributed by atoms with Crippen molar-refractivity contribution in [3.8, 4) is 0 Å². The molecule has 172 valence electrons. The Hall–Kier alpha value is -2.71. The highest BCUT2D eigenvalue weighted by molar-refractivity contribution is 6.10. The number of carbonyl (C=O) groups is 3. The van der Waals surface area contributed by atoms with Crippen LogP contribution in [0, 0.1) is 0 Å². The predicted octanol–water partition coefficient (Wildman–Crippen LogP) is 4.08. The van der Waals surface area contributed by atoms with Gasteiger partial charge in [-0.15, -0.1) is 0 Å². The van der Waals surface area contributed by atoms with Gasteiger partial charge in [0, 0.05) is 48.7 Å². The highest BCUT2D eigenvalue weighted by Crippen LogP contribution is 2.16. The molecule has 0 N–H and O–H groups in total. The van der Waals surface area contributed by atoms with E-state index < -0.39 is 12.6 Å². The molecule has 0 fully saturated rings. The number of Topliss-reactive ketones (excluding diaryl/α,β-unsaturated/α-hetero) is 2. The number of benzene rings is 2. The average molecular weight is 443 g/mol. The van der Waals surface area contributed by atoms with Crippen LogP contribution in [-0.2, 0) is 18.9 Å². The maximum absolute atomic E-state index is 12.8. The van der Waals surface area contributed by atoms with E-state index in [1.54, 1.807) is 76.2 Å². The molecular weight excluding hydrogens is 412 g/mol. The zero-order chi connectivity index (χ0) is 23.5. The molecule has 0 aromatic heterocycles. The molecule has 2 aromatic carbocycles. The Morgan fingerprint density at radius 1 is 0.531 bits per heavy atom. The van der Waals surface area contributed by atoms with Gasteiger partial charge < -0.3 is 18.9 Å². The minimum Gasteiger partial charge on any atom is -0.346 e. The van der Waals surface area contributed by atoms with Crippen LogP contribution in [-0.4, -0.2) is 56.4 Å². The first-order chi connectivity index (χ1) is 15.5. The predicted molar refractivity (Wildman–Crippen MR) is 119 cm³/mol. The Morgan fingerprint density at radius 3 is 1.03 bits per heavy atom. The first kappa shape index (κ1) is 25.5. The minimum atomic E-state index is -0.964. The van der Waals surface area contributed by atoms with Crippen LogP contribution >= 0.6 is 0 Å². The van der Waals surface area contributed by atoms with E-state index in [-0.39, 0.29) is 17.3 Å². The highest BCUT2D eigenvalue weighted by atomic mass is 16.7. The molecule has 2 rings (SSSR count). The summed E-state index contributed by atoms with van der Waals surface area (Å²) >= 11 is 0. The fourth-order valence-electron chi connectivity index (χ4n) is 3.02. The lowest BCUT2D eigenvalue weighted by molar-refractivity contribution is -0.107. The van der Waals surface area contributed by atoms with Gasteiger partial charge in [-0.3, -0.25) is 14.4 Å². The number of hydrogen-bond acceptors (Lipinski definition) is 7. The van der Waals surface area contributed by atoms with Gasteiger partial charge in [-0.05, 0) is 27.7 Å². The van der Waals surface area contributed by atoms with E-state index in [4.69, 9.17) is 18.9 Å². The lowest BCUT2D eigenvalue weighted by atomic mass is 9.99. The molecular formula is C25H30O7. The van der Waals surface area contributed by atoms with E-state index in [0.29, 0.717) is 48.7 Å². The average Bonchev–Trinajstić information content (AvgIpc) is 2.82. The van der Waals surface area contributed by atoms with Crippen LogP contribution in [0.3, 0.4) is 0 Å². The highest BCUT2D eigenvalue weighted by Gasteiger charge is 2.22. The summed E-state index contributed by atoms with van der Waals surface area (Å²) in [7, 11) is 0. The summed E-state index contributed by atoms with van der Waals surface area (Å²) in [4.78, 5) is 37.9. The zero-order valence-electron chi connectivity index (χ0n) is 19.0. The van der Waals surface area contributed by atoms with Crippen LogP contribution in [0.25, 0.3) is 0 Å². The third kappa shape index (κ3) is 6.64. The molecule has 0 radical (unpaired) electrons. The summed E-state index contributed by atoms with van der Waals surface area (Å²) in [6.45, 7) is 8.54. The number of ketones is 3. The van der Waals surface area contributed by atoms with Crippen LogP contribution in [0.4, 0.5) is 0 Å². The topological polar surface area (TPSA) is 88.1 Å². The summed E-state index contributed by atoms with van der Waals surface area (Å²) in [5.41, 5.74) is 1.64. The van der Waals surface area contributed by atoms with Gasteiger partial charge in [-0.2, -0.15) is 0 Å². The fraction of sp³-hybridized carbons (Fsp3) is 0.400. The van der Waals surface area contributed by atoms with E-state index in [2.05, 4.69) is 0 Å². The normalized spacial score (nSPS) is 11.2. The molecule has 0 aliphatic rings. The van der Waals surface area contributed by atoms with Crippen LogP contribution in [0.2, 0.25) is 0 Å². The largest absolute Gasteiger partial charge is 0.346 e. The zero-order valence-corrected chi connectivity index (χ0v) is 19.0. The second-order valence-corrected chi connectivity index (χ2v) is 6.70. The van der Waals surface area contributed by atoms with Crippen LogP contribution in [0.1, 0.15) is 64.3 Å². The molecule has 0 heterocycles. The quantitative estimate of drug-likeness (QED) is 0.322. The molecule has 0 unspecified atom stereocenters. The first-order valence-electron chi connectivity index (χ1n) is 10.8. The third-order valence-electron chi connectivity index (χ3n) is 4.56. The minimum absolute atomic E-state index is 0.222. The number of carbonyl (C=O) groups excluding carboxylic acids is 3. The van der Waals surface area contributed by atoms with Crippen molar-refractivity contribution in [1.82, 2.24) is 0 Å². The van der Waals surface area contributed by atoms with Crippen molar-refractivity contribution in [3.05, 3.63) is 70.8 Å². The van der Waals surface area contributed by atoms with Crippen molar-refractivity contribution in [2.24, 2.45) is 0 Å². The van der Waals surface area contributed by atoms with Gasteiger partial charge in [0.15, 0.2) is 5.78 Å². The van der Waals surface area contributed by atoms with E-state index >= 15 is 0 Å². The Bertz CT molecular complexity index is 802. The van der Waals surface area contributed by atoms with Crippen molar-refractivity contribution in [1.29, 1.82) is 0 Å². The number of ether oxygens (including phenoxy) is 4. The van der Waals surface area contributed by atoms with Gasteiger partial charge in [-0.1, -0.05) is 48.5 Å². The molecule has 7 heteroatoms. The van der Waals surface area contributed by atoms with Crippen LogP contribution < -0.4 is 0 Å². The summed E-state index contributed by atoms with van der Waals surface area (Å²) < 4.78 is 21.4. The van der Waals surface area contributed by atoms with Gasteiger partial charge in [0.1, 0.15) is 0 Å². The summed E-state index contributed by atoms with van der Waals surface area (Å²) in [5, 5.41) is 0. The molecule has 2 aromatic rings. The molecule has 0 spiro atoms. The van der Waals surface area contributed by atoms with E-state index in [1.807, 2.05) is 0 Å². The first-order valence-corrected chi connectivity index (χ1v) is 10.8. The van der Waals surface area contributed by atoms with Gasteiger partial charge in [-0.25, -0.2) is 0 Å². The second-order valence-electron chi connectivity index (χ2n) is 6.70. The number of rotatable bonds is 14. The third-order valence-corrected chi connectivity index (χ3v) is 4.56. The van der Waals surface area contributed by atoms with Crippen LogP contribution in [0.5, 0.6) is 0 Å². The molecule has 0 bridgehead atoms. The van der Waals surface area contributed by atoms with E-state index in [0.717, 1.165) is 0 Å². The Kier molecular flexibility index (Phi) is 10.4. The Morgan fingerprint density at radius 2 is 0.781 bits per heavy atom. The monoisotopic (exact) mass is 442 g/mol. The molecule has 0 saturated heterocycles. The lowest BCUT2D eigenvalue weighted by Gasteiger charge is -2.16. The number of hydrogen-bond donors (Lipinski definition) is 0. The fourth-order valence-corrected chi connectivity index (χ4v) is 3.02. The van der Waals surface area contributed by atoms with E-state index in [1.165, 1.54) is 0 Å². The van der Waals surface area contributed by atoms with Gasteiger partial charge in [0.05, 0.1) is 0 Å². The maximum Gasteiger partial charge on any atom is 0.222 e. The summed E-state index contributed by atoms with van der Waals surface area (Å²) in [6.07, 6.45) is -1.93. The van der Waals surface area contributed by atoms with Gasteiger partial charge in [0.2, 0.25) is 24.1 Å². The molecule has 7 nitrogen and oxygen atoms in total. The second kappa shape index (κ2) is 13.0. The SMILES string of the molecule is CCOC(OCC)C(=O)c1ccc(C(=O)c2ccc(C(=O)C(OCC)OCC)cc2)cc1. The summed E-state index contributed by atoms with van der Waals surface area (Å²) in [5.74, 6) is -0.817. The Labute approximate surface area is 188 Å². The Balaban J connectivity index is 2.13. The summed E-state index contributed by atoms with van der Waals surface area (Å²) in [6, 6.07) is 12.7. The molecule has 0 saturated carbocycles. The van der Waals surface area contributed by atoms with Gasteiger partial charge in [0.25, 0.3) is 0 Å². The molecule has 0 atom stereocenters. The maximum atomic E-state index is 12.8. The van der Waals surface area contributed by atoms with Crippen molar-refractivity contribution >= 4 is 17.3 Å². The molecule has 0 aliphatic carbocycles. The van der Waals surface area contributed by atoms with Gasteiger partial charge >= 0.3 is 0 Å². The van der Waals surface area contributed by atoms with Crippen molar-refractivity contribution in [2.45, 2.75) is 40.3 Å². The van der Waals surface area contributed by atoms with Crippen LogP contribution in [0.15, 0.2) is 48.5 Å². The van der Waals surface area contributed by atoms with Crippen molar-refractivity contribution < 1.29 is 33.3 Å². The lowest BCUT2D eigenvalue weighted by Crippen LogP contribution is -2.28. The van der Waals surface area contributed by atoms with Crippen molar-refractivity contribution in [3.63, 3.8) is 0 Å². The molecule has 32 heavy (non-hydrogen) atoms.